The number of hydrogen-bond acceptors (Lipinski definition) is 7. The summed E-state index contributed by atoms with van der Waals surface area (Å²) < 4.78 is 0. The molecular formula is C15H21N7O. The minimum atomic E-state index is -0.328. The third-order valence-corrected chi connectivity index (χ3v) is 3.12. The summed E-state index contributed by atoms with van der Waals surface area (Å²) in [5.74, 6) is 1.13. The van der Waals surface area contributed by atoms with Crippen molar-refractivity contribution in [2.45, 2.75) is 20.3 Å². The monoisotopic (exact) mass is 315 g/mol. The Kier molecular flexibility index (Phi) is 5.67. The smallest absolute Gasteiger partial charge is 0.271 e. The lowest BCUT2D eigenvalue weighted by atomic mass is 10.1. The molecule has 0 fully saturated rings. The van der Waals surface area contributed by atoms with Gasteiger partial charge in [0.05, 0.1) is 5.56 Å². The van der Waals surface area contributed by atoms with Crippen molar-refractivity contribution >= 4 is 23.2 Å². The number of nitrogens with zero attached hydrogens (tertiary/aromatic N) is 3. The summed E-state index contributed by atoms with van der Waals surface area (Å²) in [4.78, 5) is 24.0. The quantitative estimate of drug-likeness (QED) is 0.574. The van der Waals surface area contributed by atoms with Crippen molar-refractivity contribution in [2.24, 2.45) is 5.92 Å². The standard InChI is InChI=1S/C15H21N7O/c1-10(2)5-7-18-13-12(16)14(20-9-19-13)21-22-15(23)11-4-3-6-17-8-11/h3-4,6,8-10H,5,7,16H2,1-2H3,(H,22,23)(H2,18,19,20,21). The van der Waals surface area contributed by atoms with Gasteiger partial charge in [0.25, 0.3) is 5.91 Å². The van der Waals surface area contributed by atoms with Crippen LogP contribution < -0.4 is 21.9 Å². The lowest BCUT2D eigenvalue weighted by Crippen LogP contribution is -2.30. The van der Waals surface area contributed by atoms with E-state index in [1.54, 1.807) is 18.3 Å². The topological polar surface area (TPSA) is 118 Å². The Morgan fingerprint density at radius 3 is 2.78 bits per heavy atom. The van der Waals surface area contributed by atoms with Crippen LogP contribution in [0.2, 0.25) is 0 Å². The van der Waals surface area contributed by atoms with Crippen LogP contribution in [0.1, 0.15) is 30.6 Å². The molecule has 8 heteroatoms. The average Bonchev–Trinajstić information content (AvgIpc) is 2.55. The van der Waals surface area contributed by atoms with E-state index >= 15 is 0 Å². The molecule has 2 aromatic rings. The molecule has 0 saturated heterocycles. The summed E-state index contributed by atoms with van der Waals surface area (Å²) >= 11 is 0. The van der Waals surface area contributed by atoms with E-state index in [2.05, 4.69) is 45.0 Å². The lowest BCUT2D eigenvalue weighted by Gasteiger charge is -2.13. The van der Waals surface area contributed by atoms with Gasteiger partial charge in [0.15, 0.2) is 11.6 Å². The highest BCUT2D eigenvalue weighted by molar-refractivity contribution is 5.94. The normalized spacial score (nSPS) is 10.4. The van der Waals surface area contributed by atoms with Gasteiger partial charge in [-0.25, -0.2) is 9.97 Å². The van der Waals surface area contributed by atoms with Crippen LogP contribution in [0.4, 0.5) is 17.3 Å². The van der Waals surface area contributed by atoms with E-state index in [1.807, 2.05) is 0 Å². The largest absolute Gasteiger partial charge is 0.393 e. The number of nitrogens with two attached hydrogens (primary N) is 1. The summed E-state index contributed by atoms with van der Waals surface area (Å²) in [5.41, 5.74) is 12.0. The predicted octanol–water partition coefficient (Wildman–Crippen LogP) is 1.67. The zero-order valence-corrected chi connectivity index (χ0v) is 13.2. The number of carbonyl (C=O) groups excluding carboxylic acids is 1. The van der Waals surface area contributed by atoms with Gasteiger partial charge in [-0.1, -0.05) is 13.8 Å². The van der Waals surface area contributed by atoms with Crippen molar-refractivity contribution < 1.29 is 4.79 Å². The van der Waals surface area contributed by atoms with Crippen molar-refractivity contribution in [2.75, 3.05) is 23.0 Å². The molecule has 8 nitrogen and oxygen atoms in total. The molecule has 0 aliphatic carbocycles. The molecule has 0 bridgehead atoms. The first-order valence-corrected chi connectivity index (χ1v) is 7.38. The molecular weight excluding hydrogens is 294 g/mol. The second-order valence-corrected chi connectivity index (χ2v) is 5.41. The predicted molar refractivity (Wildman–Crippen MR) is 89.7 cm³/mol. The summed E-state index contributed by atoms with van der Waals surface area (Å²) in [7, 11) is 0. The number of hydrogen-bond donors (Lipinski definition) is 4. The summed E-state index contributed by atoms with van der Waals surface area (Å²) in [6.07, 6.45) is 5.46. The Morgan fingerprint density at radius 2 is 2.09 bits per heavy atom. The van der Waals surface area contributed by atoms with Crippen molar-refractivity contribution in [3.63, 3.8) is 0 Å². The highest BCUT2D eigenvalue weighted by Gasteiger charge is 2.10. The summed E-state index contributed by atoms with van der Waals surface area (Å²) in [5, 5.41) is 3.17. The third kappa shape index (κ3) is 4.80. The molecule has 0 unspecified atom stereocenters. The first-order chi connectivity index (χ1) is 11.1. The summed E-state index contributed by atoms with van der Waals surface area (Å²) in [6.45, 7) is 5.05. The highest BCUT2D eigenvalue weighted by atomic mass is 16.2. The van der Waals surface area contributed by atoms with Gasteiger partial charge in [0.2, 0.25) is 0 Å². The Morgan fingerprint density at radius 1 is 1.30 bits per heavy atom. The van der Waals surface area contributed by atoms with Crippen LogP contribution in [-0.2, 0) is 0 Å². The van der Waals surface area contributed by atoms with Crippen molar-refractivity contribution in [3.05, 3.63) is 36.4 Å². The number of pyridine rings is 1. The molecule has 2 heterocycles. The molecule has 0 aliphatic rings. The summed E-state index contributed by atoms with van der Waals surface area (Å²) in [6, 6.07) is 3.34. The second-order valence-electron chi connectivity index (χ2n) is 5.41. The molecule has 2 rings (SSSR count). The Balaban J connectivity index is 1.96. The fourth-order valence-corrected chi connectivity index (χ4v) is 1.80. The van der Waals surface area contributed by atoms with Gasteiger partial charge in [-0.05, 0) is 24.5 Å². The van der Waals surface area contributed by atoms with Gasteiger partial charge in [-0.15, -0.1) is 0 Å². The Hall–Kier alpha value is -2.90. The maximum absolute atomic E-state index is 11.9. The van der Waals surface area contributed by atoms with Crippen LogP contribution in [-0.4, -0.2) is 27.4 Å². The molecule has 0 atom stereocenters. The Bertz CT molecular complexity index is 646. The van der Waals surface area contributed by atoms with Crippen molar-refractivity contribution in [1.82, 2.24) is 20.4 Å². The molecule has 0 aliphatic heterocycles. The van der Waals surface area contributed by atoms with Crippen LogP contribution in [0, 0.1) is 5.92 Å². The van der Waals surface area contributed by atoms with Gasteiger partial charge in [-0.2, -0.15) is 0 Å². The number of carbonyl (C=O) groups is 1. The molecule has 23 heavy (non-hydrogen) atoms. The highest BCUT2D eigenvalue weighted by Crippen LogP contribution is 2.21. The van der Waals surface area contributed by atoms with Gasteiger partial charge >= 0.3 is 0 Å². The number of nitrogens with one attached hydrogen (secondary N) is 3. The van der Waals surface area contributed by atoms with E-state index < -0.39 is 0 Å². The number of anilines is 3. The maximum Gasteiger partial charge on any atom is 0.271 e. The van der Waals surface area contributed by atoms with Crippen LogP contribution in [0.3, 0.4) is 0 Å². The minimum Gasteiger partial charge on any atom is -0.393 e. The number of amides is 1. The molecule has 0 saturated carbocycles. The molecule has 5 N–H and O–H groups in total. The van der Waals surface area contributed by atoms with Gasteiger partial charge in [-0.3, -0.25) is 20.6 Å². The average molecular weight is 315 g/mol. The number of nitrogen functional groups attached to an aromatic ring is 1. The minimum absolute atomic E-state index is 0.328. The Labute approximate surface area is 134 Å². The third-order valence-electron chi connectivity index (χ3n) is 3.12. The van der Waals surface area contributed by atoms with E-state index in [4.69, 9.17) is 5.73 Å². The van der Waals surface area contributed by atoms with Crippen LogP contribution in [0.15, 0.2) is 30.9 Å². The lowest BCUT2D eigenvalue weighted by molar-refractivity contribution is 0.0962. The second kappa shape index (κ2) is 7.92. The maximum atomic E-state index is 11.9. The first kappa shape index (κ1) is 16.5. The van der Waals surface area contributed by atoms with Crippen LogP contribution >= 0.6 is 0 Å². The molecule has 0 spiro atoms. The number of hydrazine groups is 1. The van der Waals surface area contributed by atoms with Gasteiger partial charge in [0.1, 0.15) is 12.0 Å². The van der Waals surface area contributed by atoms with Gasteiger partial charge < -0.3 is 11.1 Å². The zero-order valence-electron chi connectivity index (χ0n) is 13.2. The fourth-order valence-electron chi connectivity index (χ4n) is 1.80. The van der Waals surface area contributed by atoms with Crippen molar-refractivity contribution in [1.29, 1.82) is 0 Å². The molecule has 0 aromatic carbocycles. The van der Waals surface area contributed by atoms with E-state index in [9.17, 15) is 4.79 Å². The SMILES string of the molecule is CC(C)CCNc1ncnc(NNC(=O)c2cccnc2)c1N. The van der Waals surface area contributed by atoms with Crippen LogP contribution in [0.5, 0.6) is 0 Å². The van der Waals surface area contributed by atoms with Crippen LogP contribution in [0.25, 0.3) is 0 Å². The van der Waals surface area contributed by atoms with Crippen molar-refractivity contribution in [3.8, 4) is 0 Å². The van der Waals surface area contributed by atoms with Gasteiger partial charge in [0, 0.05) is 18.9 Å². The van der Waals surface area contributed by atoms with E-state index in [0.717, 1.165) is 13.0 Å². The molecule has 1 amide bonds. The fraction of sp³-hybridized carbons (Fsp3) is 0.333. The zero-order chi connectivity index (χ0) is 16.7. The molecule has 122 valence electrons. The van der Waals surface area contributed by atoms with E-state index in [1.165, 1.54) is 12.5 Å². The number of rotatable bonds is 7. The molecule has 2 aromatic heterocycles. The van der Waals surface area contributed by atoms with E-state index in [-0.39, 0.29) is 5.91 Å². The molecule has 0 radical (unpaired) electrons. The number of aromatic nitrogens is 3. The first-order valence-electron chi connectivity index (χ1n) is 7.38. The van der Waals surface area contributed by atoms with E-state index in [0.29, 0.717) is 28.8 Å².